The summed E-state index contributed by atoms with van der Waals surface area (Å²) >= 11 is 0. The molecule has 9 heteroatoms. The zero-order valence-electron chi connectivity index (χ0n) is 9.61. The molecule has 1 aromatic carbocycles. The van der Waals surface area contributed by atoms with Crippen LogP contribution in [-0.4, -0.2) is 67.4 Å². The second-order valence-corrected chi connectivity index (χ2v) is 2.41. The molecule has 0 radical (unpaired) electrons. The molecule has 0 saturated carbocycles. The maximum absolute atomic E-state index is 10.8. The van der Waals surface area contributed by atoms with E-state index in [-0.39, 0.29) is 87.9 Å². The minimum atomic E-state index is -2.09. The Morgan fingerprint density at radius 2 is 1.29 bits per heavy atom. The maximum Gasteiger partial charge on any atom is 2.00 e. The normalized spacial score (nSPS) is 7.29. The van der Waals surface area contributed by atoms with Crippen molar-refractivity contribution in [2.75, 3.05) is 14.2 Å². The summed E-state index contributed by atoms with van der Waals surface area (Å²) in [7, 11) is 0.715. The summed E-state index contributed by atoms with van der Waals surface area (Å²) in [6.45, 7) is 0. The van der Waals surface area contributed by atoms with Crippen LogP contribution in [0.4, 0.5) is 0 Å². The van der Waals surface area contributed by atoms with Gasteiger partial charge >= 0.3 is 46.1 Å². The first-order valence-electron chi connectivity index (χ1n) is 3.73. The number of hydrogen-bond donors (Lipinski definition) is 0. The van der Waals surface area contributed by atoms with Crippen molar-refractivity contribution < 1.29 is 44.3 Å². The zero-order valence-corrected chi connectivity index (χ0v) is 14.0. The third kappa shape index (κ3) is 7.17. The number of hydrogen-bond acceptors (Lipinski definition) is 4. The molecule has 0 fully saturated rings. The monoisotopic (exact) mass is 298 g/mol. The van der Waals surface area contributed by atoms with Crippen LogP contribution in [0.1, 0.15) is 0 Å². The van der Waals surface area contributed by atoms with Crippen molar-refractivity contribution in [3.8, 4) is 11.5 Å². The number of halogens is 2. The minimum Gasteiger partial charge on any atom is -1.00 e. The molecule has 0 heterocycles. The summed E-state index contributed by atoms with van der Waals surface area (Å²) in [4.78, 5) is 0. The van der Waals surface area contributed by atoms with Gasteiger partial charge in [-0.3, -0.25) is 0 Å². The first-order chi connectivity index (χ1) is 6.20. The maximum atomic E-state index is 10.8. The van der Waals surface area contributed by atoms with E-state index in [1.165, 1.54) is 14.2 Å². The van der Waals surface area contributed by atoms with Crippen molar-refractivity contribution in [3.05, 3.63) is 18.2 Å². The van der Waals surface area contributed by atoms with E-state index in [0.717, 1.165) is 0 Å². The fourth-order valence-electron chi connectivity index (χ4n) is 1.11. The Morgan fingerprint density at radius 3 is 1.53 bits per heavy atom. The van der Waals surface area contributed by atoms with Crippen LogP contribution in [0, 0.1) is 0 Å². The SMILES string of the molecule is COc1cccc(OC)c1B([O-])[O-].[Cl-].[Cl-].[Mg+2].[Mg+2]. The fraction of sp³-hybridized carbons (Fsp3) is 0.250. The van der Waals surface area contributed by atoms with Crippen LogP contribution in [-0.2, 0) is 0 Å². The van der Waals surface area contributed by atoms with Gasteiger partial charge in [-0.05, 0) is 17.6 Å². The van der Waals surface area contributed by atoms with Gasteiger partial charge in [0.2, 0.25) is 0 Å². The molecule has 1 aromatic rings. The molecule has 0 atom stereocenters. The van der Waals surface area contributed by atoms with Crippen molar-refractivity contribution in [2.24, 2.45) is 0 Å². The van der Waals surface area contributed by atoms with E-state index in [1.54, 1.807) is 18.2 Å². The van der Waals surface area contributed by atoms with Crippen LogP contribution in [0.5, 0.6) is 11.5 Å². The van der Waals surface area contributed by atoms with Crippen LogP contribution < -0.4 is 49.8 Å². The first kappa shape index (κ1) is 26.5. The second-order valence-electron chi connectivity index (χ2n) is 2.41. The van der Waals surface area contributed by atoms with Crippen molar-refractivity contribution in [3.63, 3.8) is 0 Å². The standard InChI is InChI=1S/C8H9BO4.2ClH.2Mg/c1-12-6-4-3-5-7(13-2)8(6)9(10)11;;;;/h3-5H,1-2H3;2*1H;;/q-2;;;2*+2/p-2. The number of methoxy groups -OCH3 is 2. The predicted octanol–water partition coefficient (Wildman–Crippen LogP) is -8.63. The molecular formula is C8H9BCl2Mg2O4. The van der Waals surface area contributed by atoms with E-state index in [4.69, 9.17) is 9.47 Å². The second kappa shape index (κ2) is 13.4. The smallest absolute Gasteiger partial charge is 1.00 e. The Kier molecular flexibility index (Phi) is 20.8. The van der Waals surface area contributed by atoms with Crippen molar-refractivity contribution in [2.45, 2.75) is 0 Å². The summed E-state index contributed by atoms with van der Waals surface area (Å²) in [5.74, 6) is 0.545. The summed E-state index contributed by atoms with van der Waals surface area (Å²) in [6, 6.07) is 4.77. The molecule has 1 rings (SSSR count). The zero-order chi connectivity index (χ0) is 9.84. The van der Waals surface area contributed by atoms with Gasteiger partial charge in [-0.25, -0.2) is 0 Å². The molecule has 4 nitrogen and oxygen atoms in total. The Morgan fingerprint density at radius 1 is 0.941 bits per heavy atom. The quantitative estimate of drug-likeness (QED) is 0.520. The minimum absolute atomic E-state index is 0. The molecule has 0 aromatic heterocycles. The van der Waals surface area contributed by atoms with Gasteiger partial charge in [0.1, 0.15) is 11.5 Å². The molecule has 0 aliphatic carbocycles. The van der Waals surface area contributed by atoms with Crippen LogP contribution in [0.25, 0.3) is 0 Å². The van der Waals surface area contributed by atoms with Gasteiger partial charge in [-0.1, -0.05) is 13.2 Å². The number of benzene rings is 1. The van der Waals surface area contributed by atoms with E-state index in [0.29, 0.717) is 0 Å². The molecule has 0 amide bonds. The Hall–Kier alpha value is 0.917. The summed E-state index contributed by atoms with van der Waals surface area (Å²) < 4.78 is 9.74. The average molecular weight is 299 g/mol. The van der Waals surface area contributed by atoms with Gasteiger partial charge in [-0.15, -0.1) is 0 Å². The van der Waals surface area contributed by atoms with Crippen molar-refractivity contribution in [1.29, 1.82) is 0 Å². The van der Waals surface area contributed by atoms with Gasteiger partial charge in [-0.2, -0.15) is 0 Å². The van der Waals surface area contributed by atoms with E-state index >= 15 is 0 Å². The Balaban J connectivity index is -0.000000211. The van der Waals surface area contributed by atoms with E-state index in [1.807, 2.05) is 0 Å². The Labute approximate surface area is 146 Å². The topological polar surface area (TPSA) is 64.6 Å². The van der Waals surface area contributed by atoms with Crippen LogP contribution in [0.3, 0.4) is 0 Å². The van der Waals surface area contributed by atoms with Crippen molar-refractivity contribution >= 4 is 58.7 Å². The molecule has 17 heavy (non-hydrogen) atoms. The molecular weight excluding hydrogens is 290 g/mol. The number of rotatable bonds is 3. The fourth-order valence-corrected chi connectivity index (χ4v) is 1.11. The molecule has 0 unspecified atom stereocenters. The van der Waals surface area contributed by atoms with Gasteiger partial charge in [0, 0.05) is 0 Å². The van der Waals surface area contributed by atoms with Gasteiger partial charge in [0.25, 0.3) is 0 Å². The third-order valence-corrected chi connectivity index (χ3v) is 1.70. The molecule has 0 saturated heterocycles. The summed E-state index contributed by atoms with van der Waals surface area (Å²) in [5, 5.41) is 21.5. The van der Waals surface area contributed by atoms with Crippen LogP contribution in [0.15, 0.2) is 18.2 Å². The molecule has 0 aliphatic rings. The van der Waals surface area contributed by atoms with Crippen molar-refractivity contribution in [1.82, 2.24) is 0 Å². The van der Waals surface area contributed by atoms with Gasteiger partial charge < -0.3 is 44.3 Å². The van der Waals surface area contributed by atoms with Gasteiger partial charge in [0.05, 0.1) is 14.2 Å². The third-order valence-electron chi connectivity index (χ3n) is 1.70. The van der Waals surface area contributed by atoms with E-state index in [9.17, 15) is 10.0 Å². The van der Waals surface area contributed by atoms with E-state index < -0.39 is 7.12 Å². The molecule has 86 valence electrons. The molecule has 0 spiro atoms. The number of ether oxygens (including phenoxy) is 2. The first-order valence-corrected chi connectivity index (χ1v) is 3.73. The van der Waals surface area contributed by atoms with E-state index in [2.05, 4.69) is 0 Å². The Bertz CT molecular complexity index is 283. The molecule has 0 aliphatic heterocycles. The predicted molar refractivity (Wildman–Crippen MR) is 56.4 cm³/mol. The van der Waals surface area contributed by atoms with Gasteiger partial charge in [0.15, 0.2) is 0 Å². The largest absolute Gasteiger partial charge is 2.00 e. The van der Waals surface area contributed by atoms with Crippen LogP contribution in [0.2, 0.25) is 0 Å². The van der Waals surface area contributed by atoms with Crippen LogP contribution >= 0.6 is 0 Å². The average Bonchev–Trinajstić information content (AvgIpc) is 2.16. The molecule has 0 N–H and O–H groups in total. The summed E-state index contributed by atoms with van der Waals surface area (Å²) in [6.07, 6.45) is 0. The summed E-state index contributed by atoms with van der Waals surface area (Å²) in [5.41, 5.74) is 0.0208. The molecule has 0 bridgehead atoms.